The maximum atomic E-state index is 13.0. The van der Waals surface area contributed by atoms with E-state index in [2.05, 4.69) is 10.3 Å². The number of hydrogen-bond donors (Lipinski definition) is 2. The van der Waals surface area contributed by atoms with Gasteiger partial charge in [0.1, 0.15) is 17.5 Å². The van der Waals surface area contributed by atoms with Crippen LogP contribution in [-0.4, -0.2) is 61.2 Å². The molecule has 1 fully saturated rings. The molecule has 1 aromatic carbocycles. The standard InChI is InChI=1S/C18H23N3O4/c1-4-25-11-8-15(17(22)19-2)21(10-11)18(23)14-9-12-13(20-14)6-5-7-16(12)24-3/h5-7,9,11,15,20H,4,8,10H2,1-3H3,(H,19,22)/t11-,15+/m1/s1. The predicted molar refractivity (Wildman–Crippen MR) is 93.8 cm³/mol. The highest BCUT2D eigenvalue weighted by Crippen LogP contribution is 2.28. The molecule has 2 heterocycles. The molecule has 3 rings (SSSR count). The van der Waals surface area contributed by atoms with E-state index in [4.69, 9.17) is 9.47 Å². The first-order valence-electron chi connectivity index (χ1n) is 8.38. The largest absolute Gasteiger partial charge is 0.496 e. The van der Waals surface area contributed by atoms with Crippen LogP contribution in [-0.2, 0) is 9.53 Å². The third-order valence-corrected chi connectivity index (χ3v) is 4.55. The maximum absolute atomic E-state index is 13.0. The highest BCUT2D eigenvalue weighted by molar-refractivity contribution is 6.01. The molecule has 2 aromatic rings. The van der Waals surface area contributed by atoms with Crippen molar-refractivity contribution in [1.29, 1.82) is 0 Å². The van der Waals surface area contributed by atoms with E-state index in [1.807, 2.05) is 25.1 Å². The van der Waals surface area contributed by atoms with Crippen molar-refractivity contribution in [1.82, 2.24) is 15.2 Å². The number of amides is 2. The van der Waals surface area contributed by atoms with E-state index in [1.165, 1.54) is 0 Å². The van der Waals surface area contributed by atoms with Crippen molar-refractivity contribution in [3.8, 4) is 5.75 Å². The molecule has 25 heavy (non-hydrogen) atoms. The Kier molecular flexibility index (Phi) is 4.94. The molecule has 2 amide bonds. The number of nitrogens with zero attached hydrogens (tertiary/aromatic N) is 1. The number of rotatable bonds is 5. The summed E-state index contributed by atoms with van der Waals surface area (Å²) < 4.78 is 11.0. The smallest absolute Gasteiger partial charge is 0.271 e. The van der Waals surface area contributed by atoms with Crippen molar-refractivity contribution in [2.24, 2.45) is 0 Å². The van der Waals surface area contributed by atoms with Gasteiger partial charge in [-0.2, -0.15) is 0 Å². The normalized spacial score (nSPS) is 20.0. The van der Waals surface area contributed by atoms with E-state index >= 15 is 0 Å². The zero-order valence-corrected chi connectivity index (χ0v) is 14.7. The first kappa shape index (κ1) is 17.3. The van der Waals surface area contributed by atoms with Crippen LogP contribution in [0.5, 0.6) is 5.75 Å². The number of nitrogens with one attached hydrogen (secondary N) is 2. The first-order chi connectivity index (χ1) is 12.1. The molecular formula is C18H23N3O4. The topological polar surface area (TPSA) is 83.7 Å². The van der Waals surface area contributed by atoms with Crippen molar-refractivity contribution in [3.05, 3.63) is 30.0 Å². The van der Waals surface area contributed by atoms with Gasteiger partial charge in [0.15, 0.2) is 0 Å². The molecule has 1 saturated heterocycles. The molecule has 1 aliphatic heterocycles. The summed E-state index contributed by atoms with van der Waals surface area (Å²) in [6, 6.07) is 6.84. The van der Waals surface area contributed by atoms with E-state index in [0.29, 0.717) is 31.0 Å². The highest BCUT2D eigenvalue weighted by Gasteiger charge is 2.40. The lowest BCUT2D eigenvalue weighted by Gasteiger charge is -2.22. The van der Waals surface area contributed by atoms with Crippen molar-refractivity contribution in [2.45, 2.75) is 25.5 Å². The summed E-state index contributed by atoms with van der Waals surface area (Å²) in [6.07, 6.45) is 0.373. The van der Waals surface area contributed by atoms with Crippen molar-refractivity contribution in [3.63, 3.8) is 0 Å². The van der Waals surface area contributed by atoms with Gasteiger partial charge in [-0.1, -0.05) is 6.07 Å². The van der Waals surface area contributed by atoms with Gasteiger partial charge in [0.2, 0.25) is 5.91 Å². The van der Waals surface area contributed by atoms with Crippen LogP contribution >= 0.6 is 0 Å². The average molecular weight is 345 g/mol. The Labute approximate surface area is 146 Å². The van der Waals surface area contributed by atoms with Gasteiger partial charge in [0.05, 0.1) is 13.2 Å². The number of likely N-dealkylation sites (N-methyl/N-ethyl adjacent to an activating group) is 1. The Bertz CT molecular complexity index is 786. The second-order valence-electron chi connectivity index (χ2n) is 6.01. The van der Waals surface area contributed by atoms with Crippen LogP contribution in [0.2, 0.25) is 0 Å². The van der Waals surface area contributed by atoms with E-state index in [-0.39, 0.29) is 17.9 Å². The fraction of sp³-hybridized carbons (Fsp3) is 0.444. The first-order valence-corrected chi connectivity index (χ1v) is 8.38. The zero-order chi connectivity index (χ0) is 18.0. The number of carbonyl (C=O) groups is 2. The number of ether oxygens (including phenoxy) is 2. The molecule has 7 nitrogen and oxygen atoms in total. The number of likely N-dealkylation sites (tertiary alicyclic amines) is 1. The van der Waals surface area contributed by atoms with E-state index in [1.54, 1.807) is 25.1 Å². The molecule has 2 atom stereocenters. The number of H-pyrrole nitrogens is 1. The van der Waals surface area contributed by atoms with Crippen LogP contribution < -0.4 is 10.1 Å². The third-order valence-electron chi connectivity index (χ3n) is 4.55. The number of aromatic amines is 1. The van der Waals surface area contributed by atoms with Gasteiger partial charge >= 0.3 is 0 Å². The molecule has 0 bridgehead atoms. The molecule has 7 heteroatoms. The lowest BCUT2D eigenvalue weighted by atomic mass is 10.2. The minimum atomic E-state index is -0.526. The van der Waals surface area contributed by atoms with Crippen LogP contribution in [0.15, 0.2) is 24.3 Å². The number of benzene rings is 1. The fourth-order valence-corrected chi connectivity index (χ4v) is 3.37. The minimum Gasteiger partial charge on any atom is -0.496 e. The lowest BCUT2D eigenvalue weighted by molar-refractivity contribution is -0.124. The molecule has 2 N–H and O–H groups in total. The number of aromatic nitrogens is 1. The summed E-state index contributed by atoms with van der Waals surface area (Å²) in [7, 11) is 3.17. The quantitative estimate of drug-likeness (QED) is 0.861. The summed E-state index contributed by atoms with van der Waals surface area (Å²) in [5.74, 6) is 0.308. The minimum absolute atomic E-state index is 0.129. The molecule has 0 saturated carbocycles. The van der Waals surface area contributed by atoms with Gasteiger partial charge < -0.3 is 24.7 Å². The molecule has 134 valence electrons. The van der Waals surface area contributed by atoms with Crippen LogP contribution in [0.3, 0.4) is 0 Å². The second-order valence-corrected chi connectivity index (χ2v) is 6.01. The van der Waals surface area contributed by atoms with Gasteiger partial charge in [-0.3, -0.25) is 9.59 Å². The van der Waals surface area contributed by atoms with Crippen LogP contribution in [0.4, 0.5) is 0 Å². The second kappa shape index (κ2) is 7.14. The lowest BCUT2D eigenvalue weighted by Crippen LogP contribution is -2.45. The number of carbonyl (C=O) groups excluding carboxylic acids is 2. The summed E-state index contributed by atoms with van der Waals surface area (Å²) in [5.41, 5.74) is 1.25. The van der Waals surface area contributed by atoms with E-state index < -0.39 is 6.04 Å². The van der Waals surface area contributed by atoms with Gasteiger partial charge in [-0.15, -0.1) is 0 Å². The van der Waals surface area contributed by atoms with Gasteiger partial charge in [-0.25, -0.2) is 0 Å². The number of methoxy groups -OCH3 is 1. The average Bonchev–Trinajstić information content (AvgIpc) is 3.24. The van der Waals surface area contributed by atoms with Crippen LogP contribution in [0.1, 0.15) is 23.8 Å². The zero-order valence-electron chi connectivity index (χ0n) is 14.7. The molecule has 0 spiro atoms. The summed E-state index contributed by atoms with van der Waals surface area (Å²) in [4.78, 5) is 29.9. The Morgan fingerprint density at radius 1 is 1.40 bits per heavy atom. The molecule has 0 radical (unpaired) electrons. The van der Waals surface area contributed by atoms with Gasteiger partial charge in [0, 0.05) is 37.5 Å². The Hall–Kier alpha value is -2.54. The Morgan fingerprint density at radius 2 is 2.20 bits per heavy atom. The SMILES string of the molecule is CCO[C@@H]1C[C@@H](C(=O)NC)N(C(=O)c2cc3c(OC)cccc3[nH]2)C1. The monoisotopic (exact) mass is 345 g/mol. The fourth-order valence-electron chi connectivity index (χ4n) is 3.37. The molecule has 1 aliphatic rings. The predicted octanol–water partition coefficient (Wildman–Crippen LogP) is 1.54. The summed E-state index contributed by atoms with van der Waals surface area (Å²) in [6.45, 7) is 2.86. The Morgan fingerprint density at radius 3 is 2.88 bits per heavy atom. The van der Waals surface area contributed by atoms with Crippen LogP contribution in [0, 0.1) is 0 Å². The number of fused-ring (bicyclic) bond motifs is 1. The van der Waals surface area contributed by atoms with E-state index in [0.717, 1.165) is 10.9 Å². The Balaban J connectivity index is 1.91. The van der Waals surface area contributed by atoms with Crippen molar-refractivity contribution in [2.75, 3.05) is 27.3 Å². The molecule has 0 aliphatic carbocycles. The molecular weight excluding hydrogens is 322 g/mol. The maximum Gasteiger partial charge on any atom is 0.271 e. The summed E-state index contributed by atoms with van der Waals surface area (Å²) >= 11 is 0. The number of hydrogen-bond acceptors (Lipinski definition) is 4. The van der Waals surface area contributed by atoms with Gasteiger partial charge in [0.25, 0.3) is 5.91 Å². The summed E-state index contributed by atoms with van der Waals surface area (Å²) in [5, 5.41) is 3.47. The van der Waals surface area contributed by atoms with Crippen molar-refractivity contribution >= 4 is 22.7 Å². The third kappa shape index (κ3) is 3.19. The van der Waals surface area contributed by atoms with E-state index in [9.17, 15) is 9.59 Å². The van der Waals surface area contributed by atoms with Crippen LogP contribution in [0.25, 0.3) is 10.9 Å². The highest BCUT2D eigenvalue weighted by atomic mass is 16.5. The molecule has 0 unspecified atom stereocenters. The van der Waals surface area contributed by atoms with Gasteiger partial charge in [-0.05, 0) is 25.1 Å². The molecule has 1 aromatic heterocycles. The van der Waals surface area contributed by atoms with Crippen molar-refractivity contribution < 1.29 is 19.1 Å².